The third-order valence-electron chi connectivity index (χ3n) is 4.42. The van der Waals surface area contributed by atoms with Crippen molar-refractivity contribution in [2.45, 2.75) is 24.3 Å². The lowest BCUT2D eigenvalue weighted by molar-refractivity contribution is 0.0945. The van der Waals surface area contributed by atoms with E-state index in [1.54, 1.807) is 12.1 Å². The Balaban J connectivity index is 1.86. The first-order valence-electron chi connectivity index (χ1n) is 7.49. The molecule has 1 aromatic carbocycles. The average Bonchev–Trinajstić information content (AvgIpc) is 2.76. The fraction of sp³-hybridized carbons (Fsp3) is 0.533. The van der Waals surface area contributed by atoms with E-state index in [0.29, 0.717) is 18.7 Å². The number of nitrogens with zero attached hydrogens (tertiary/aromatic N) is 1. The van der Waals surface area contributed by atoms with Gasteiger partial charge in [0.05, 0.1) is 4.90 Å². The predicted molar refractivity (Wildman–Crippen MR) is 83.2 cm³/mol. The molecule has 1 fully saturated rings. The second-order valence-electron chi connectivity index (χ2n) is 6.25. The zero-order valence-corrected chi connectivity index (χ0v) is 13.6. The number of hydrogen-bond donors (Lipinski definition) is 2. The van der Waals surface area contributed by atoms with Gasteiger partial charge in [-0.15, -0.1) is 0 Å². The monoisotopic (exact) mass is 323 g/mol. The highest BCUT2D eigenvalue weighted by Gasteiger charge is 2.31. The van der Waals surface area contributed by atoms with Gasteiger partial charge in [0.2, 0.25) is 10.0 Å². The van der Waals surface area contributed by atoms with E-state index >= 15 is 0 Å². The number of likely N-dealkylation sites (N-methyl/N-ethyl adjacent to an activating group) is 1. The molecule has 6 nitrogen and oxygen atoms in total. The highest BCUT2D eigenvalue weighted by molar-refractivity contribution is 7.89. The summed E-state index contributed by atoms with van der Waals surface area (Å²) in [5.74, 6) is 0.0629. The fourth-order valence-electron chi connectivity index (χ4n) is 3.19. The molecule has 2 aliphatic heterocycles. The SMILES string of the molecule is C[C@@H]1CN(C)C[C@H]1NS(=O)(=O)c1ccc2c(c1)C(=O)NCC2. The van der Waals surface area contributed by atoms with Gasteiger partial charge in [0, 0.05) is 31.2 Å². The zero-order chi connectivity index (χ0) is 15.9. The minimum absolute atomic E-state index is 0.0974. The number of likely N-dealkylation sites (tertiary alicyclic amines) is 1. The molecule has 0 radical (unpaired) electrons. The van der Waals surface area contributed by atoms with Crippen LogP contribution in [0.1, 0.15) is 22.8 Å². The Morgan fingerprint density at radius 3 is 2.77 bits per heavy atom. The molecule has 1 amide bonds. The van der Waals surface area contributed by atoms with Crippen LogP contribution in [0.25, 0.3) is 0 Å². The third-order valence-corrected chi connectivity index (χ3v) is 5.91. The molecule has 0 unspecified atom stereocenters. The summed E-state index contributed by atoms with van der Waals surface area (Å²) in [6.45, 7) is 4.21. The first kappa shape index (κ1) is 15.5. The summed E-state index contributed by atoms with van der Waals surface area (Å²) in [5, 5.41) is 2.74. The van der Waals surface area contributed by atoms with Crippen LogP contribution in [0.3, 0.4) is 0 Å². The van der Waals surface area contributed by atoms with Gasteiger partial charge < -0.3 is 10.2 Å². The molecular formula is C15H21N3O3S. The van der Waals surface area contributed by atoms with Gasteiger partial charge in [0.1, 0.15) is 0 Å². The van der Waals surface area contributed by atoms with E-state index in [2.05, 4.69) is 14.9 Å². The van der Waals surface area contributed by atoms with Gasteiger partial charge in [-0.25, -0.2) is 13.1 Å². The lowest BCUT2D eigenvalue weighted by atomic mass is 10.0. The lowest BCUT2D eigenvalue weighted by Crippen LogP contribution is -2.39. The van der Waals surface area contributed by atoms with Crippen LogP contribution in [0, 0.1) is 5.92 Å². The van der Waals surface area contributed by atoms with Gasteiger partial charge in [-0.05, 0) is 37.1 Å². The molecular weight excluding hydrogens is 302 g/mol. The molecule has 0 aliphatic carbocycles. The Labute approximate surface area is 130 Å². The number of fused-ring (bicyclic) bond motifs is 1. The number of rotatable bonds is 3. The number of carbonyl (C=O) groups excluding carboxylic acids is 1. The lowest BCUT2D eigenvalue weighted by Gasteiger charge is -2.19. The molecule has 1 aromatic rings. The Kier molecular flexibility index (Phi) is 3.96. The second-order valence-corrected chi connectivity index (χ2v) is 7.97. The molecule has 2 aliphatic rings. The Hall–Kier alpha value is -1.44. The van der Waals surface area contributed by atoms with E-state index in [9.17, 15) is 13.2 Å². The summed E-state index contributed by atoms with van der Waals surface area (Å²) in [7, 11) is -1.63. The van der Waals surface area contributed by atoms with Gasteiger partial charge in [0.15, 0.2) is 0 Å². The van der Waals surface area contributed by atoms with E-state index < -0.39 is 10.0 Å². The summed E-state index contributed by atoms with van der Waals surface area (Å²) in [4.78, 5) is 14.1. The smallest absolute Gasteiger partial charge is 0.251 e. The fourth-order valence-corrected chi connectivity index (χ4v) is 4.55. The van der Waals surface area contributed by atoms with Crippen molar-refractivity contribution >= 4 is 15.9 Å². The number of benzene rings is 1. The van der Waals surface area contributed by atoms with Crippen molar-refractivity contribution in [2.75, 3.05) is 26.7 Å². The molecule has 3 rings (SSSR count). The number of amides is 1. The van der Waals surface area contributed by atoms with Gasteiger partial charge >= 0.3 is 0 Å². The molecule has 0 bridgehead atoms. The summed E-state index contributed by atoms with van der Waals surface area (Å²) < 4.78 is 27.9. The van der Waals surface area contributed by atoms with Crippen LogP contribution < -0.4 is 10.0 Å². The largest absolute Gasteiger partial charge is 0.352 e. The topological polar surface area (TPSA) is 78.5 Å². The normalized spacial score (nSPS) is 25.8. The summed E-state index contributed by atoms with van der Waals surface area (Å²) in [6, 6.07) is 4.71. The highest BCUT2D eigenvalue weighted by Crippen LogP contribution is 2.21. The number of nitrogens with one attached hydrogen (secondary N) is 2. The van der Waals surface area contributed by atoms with Crippen LogP contribution in [0.15, 0.2) is 23.1 Å². The van der Waals surface area contributed by atoms with Crippen LogP contribution in [0.4, 0.5) is 0 Å². The van der Waals surface area contributed by atoms with Crippen LogP contribution >= 0.6 is 0 Å². The average molecular weight is 323 g/mol. The van der Waals surface area contributed by atoms with E-state index in [-0.39, 0.29) is 22.8 Å². The van der Waals surface area contributed by atoms with Crippen molar-refractivity contribution in [1.82, 2.24) is 14.9 Å². The Morgan fingerprint density at radius 1 is 1.32 bits per heavy atom. The molecule has 2 heterocycles. The van der Waals surface area contributed by atoms with Crippen molar-refractivity contribution in [2.24, 2.45) is 5.92 Å². The van der Waals surface area contributed by atoms with Gasteiger partial charge in [-0.2, -0.15) is 0 Å². The number of sulfonamides is 1. The van der Waals surface area contributed by atoms with Gasteiger partial charge in [0.25, 0.3) is 5.91 Å². The molecule has 2 atom stereocenters. The Bertz CT molecular complexity index is 702. The zero-order valence-electron chi connectivity index (χ0n) is 12.8. The summed E-state index contributed by atoms with van der Waals surface area (Å²) >= 11 is 0. The van der Waals surface area contributed by atoms with Crippen molar-refractivity contribution in [1.29, 1.82) is 0 Å². The summed E-state index contributed by atoms with van der Waals surface area (Å²) in [5.41, 5.74) is 1.36. The Morgan fingerprint density at radius 2 is 2.09 bits per heavy atom. The first-order chi connectivity index (χ1) is 10.4. The molecule has 120 valence electrons. The second kappa shape index (κ2) is 5.64. The van der Waals surface area contributed by atoms with Crippen molar-refractivity contribution in [3.8, 4) is 0 Å². The minimum Gasteiger partial charge on any atom is -0.352 e. The predicted octanol–water partition coefficient (Wildman–Crippen LogP) is 0.201. The molecule has 0 saturated carbocycles. The van der Waals surface area contributed by atoms with E-state index in [0.717, 1.165) is 18.5 Å². The molecule has 0 spiro atoms. The van der Waals surface area contributed by atoms with E-state index in [1.165, 1.54) is 6.07 Å². The van der Waals surface area contributed by atoms with E-state index in [1.807, 2.05) is 14.0 Å². The molecule has 0 aromatic heterocycles. The van der Waals surface area contributed by atoms with Gasteiger partial charge in [-0.1, -0.05) is 13.0 Å². The van der Waals surface area contributed by atoms with Crippen molar-refractivity contribution < 1.29 is 13.2 Å². The maximum atomic E-state index is 12.6. The molecule has 1 saturated heterocycles. The third kappa shape index (κ3) is 2.88. The maximum Gasteiger partial charge on any atom is 0.251 e. The maximum absolute atomic E-state index is 12.6. The first-order valence-corrected chi connectivity index (χ1v) is 8.97. The van der Waals surface area contributed by atoms with Crippen LogP contribution in [0.5, 0.6) is 0 Å². The van der Waals surface area contributed by atoms with Crippen molar-refractivity contribution in [3.05, 3.63) is 29.3 Å². The van der Waals surface area contributed by atoms with Gasteiger partial charge in [-0.3, -0.25) is 4.79 Å². The standard InChI is InChI=1S/C15H21N3O3S/c1-10-8-18(2)9-14(10)17-22(20,21)12-4-3-11-5-6-16-15(19)13(11)7-12/h3-4,7,10,14,17H,5-6,8-9H2,1-2H3,(H,16,19)/t10-,14-/m1/s1. The van der Waals surface area contributed by atoms with Crippen LogP contribution in [-0.2, 0) is 16.4 Å². The molecule has 2 N–H and O–H groups in total. The highest BCUT2D eigenvalue weighted by atomic mass is 32.2. The quantitative estimate of drug-likeness (QED) is 0.833. The van der Waals surface area contributed by atoms with E-state index in [4.69, 9.17) is 0 Å². The van der Waals surface area contributed by atoms with Crippen LogP contribution in [0.2, 0.25) is 0 Å². The molecule has 7 heteroatoms. The minimum atomic E-state index is -3.61. The van der Waals surface area contributed by atoms with Crippen LogP contribution in [-0.4, -0.2) is 51.9 Å². The number of hydrogen-bond acceptors (Lipinski definition) is 4. The number of carbonyl (C=O) groups is 1. The molecule has 22 heavy (non-hydrogen) atoms. The van der Waals surface area contributed by atoms with Crippen molar-refractivity contribution in [3.63, 3.8) is 0 Å². The summed E-state index contributed by atoms with van der Waals surface area (Å²) in [6.07, 6.45) is 0.735.